The van der Waals surface area contributed by atoms with Crippen LogP contribution < -0.4 is 5.32 Å². The fraction of sp³-hybridized carbons (Fsp3) is 0.455. The zero-order valence-electron chi connectivity index (χ0n) is 8.78. The van der Waals surface area contributed by atoms with E-state index in [1.54, 1.807) is 6.07 Å². The van der Waals surface area contributed by atoms with E-state index in [-0.39, 0.29) is 0 Å². The first kappa shape index (κ1) is 11.4. The fourth-order valence-corrected chi connectivity index (χ4v) is 1.88. The van der Waals surface area contributed by atoms with Gasteiger partial charge in [0.1, 0.15) is 5.15 Å². The molecule has 1 aliphatic heterocycles. The van der Waals surface area contributed by atoms with Crippen molar-refractivity contribution in [2.24, 2.45) is 0 Å². The Kier molecular flexibility index (Phi) is 3.74. The van der Waals surface area contributed by atoms with Crippen LogP contribution in [0.3, 0.4) is 0 Å². The molecule has 5 heteroatoms. The van der Waals surface area contributed by atoms with Gasteiger partial charge >= 0.3 is 0 Å². The Morgan fingerprint density at radius 2 is 2.25 bits per heavy atom. The highest BCUT2D eigenvalue weighted by Crippen LogP contribution is 2.20. The summed E-state index contributed by atoms with van der Waals surface area (Å²) in [7, 11) is 0. The van der Waals surface area contributed by atoms with E-state index in [1.807, 2.05) is 0 Å². The lowest BCUT2D eigenvalue weighted by molar-refractivity contribution is 0.0904. The van der Waals surface area contributed by atoms with Crippen molar-refractivity contribution in [3.05, 3.63) is 23.0 Å². The van der Waals surface area contributed by atoms with Crippen molar-refractivity contribution in [3.63, 3.8) is 0 Å². The van der Waals surface area contributed by atoms with Crippen LogP contribution in [-0.2, 0) is 4.74 Å². The van der Waals surface area contributed by atoms with Gasteiger partial charge in [0, 0.05) is 31.1 Å². The van der Waals surface area contributed by atoms with E-state index in [1.165, 1.54) is 6.20 Å². The van der Waals surface area contributed by atoms with Crippen molar-refractivity contribution in [1.29, 1.82) is 0 Å². The van der Waals surface area contributed by atoms with Crippen molar-refractivity contribution in [2.45, 2.75) is 18.9 Å². The van der Waals surface area contributed by atoms with Crippen LogP contribution in [0.2, 0.25) is 5.15 Å². The van der Waals surface area contributed by atoms with Gasteiger partial charge in [-0.1, -0.05) is 11.6 Å². The molecule has 0 saturated carbocycles. The topological polar surface area (TPSA) is 51.2 Å². The predicted molar refractivity (Wildman–Crippen MR) is 62.1 cm³/mol. The molecule has 16 heavy (non-hydrogen) atoms. The van der Waals surface area contributed by atoms with Gasteiger partial charge in [0.2, 0.25) is 0 Å². The molecule has 1 N–H and O–H groups in total. The summed E-state index contributed by atoms with van der Waals surface area (Å²) >= 11 is 5.80. The van der Waals surface area contributed by atoms with Gasteiger partial charge in [-0.3, -0.25) is 4.79 Å². The molecule has 0 atom stereocenters. The summed E-state index contributed by atoms with van der Waals surface area (Å²) in [6, 6.07) is 2.02. The van der Waals surface area contributed by atoms with Crippen LogP contribution in [0.25, 0.3) is 0 Å². The van der Waals surface area contributed by atoms with Crippen LogP contribution in [0, 0.1) is 0 Å². The van der Waals surface area contributed by atoms with E-state index in [0.29, 0.717) is 16.8 Å². The van der Waals surface area contributed by atoms with Crippen molar-refractivity contribution in [3.8, 4) is 0 Å². The smallest absolute Gasteiger partial charge is 0.153 e. The molecular weight excluding hydrogens is 228 g/mol. The number of aldehydes is 1. The molecule has 0 bridgehead atoms. The summed E-state index contributed by atoms with van der Waals surface area (Å²) in [5, 5.41) is 3.69. The molecule has 0 unspecified atom stereocenters. The summed E-state index contributed by atoms with van der Waals surface area (Å²) in [5.41, 5.74) is 1.29. The molecule has 1 aliphatic rings. The first-order chi connectivity index (χ1) is 7.79. The molecule has 2 rings (SSSR count). The summed E-state index contributed by atoms with van der Waals surface area (Å²) < 4.78 is 5.27. The minimum Gasteiger partial charge on any atom is -0.381 e. The number of halogens is 1. The third-order valence-electron chi connectivity index (χ3n) is 2.61. The Bertz CT molecular complexity index is 378. The third kappa shape index (κ3) is 2.71. The highest BCUT2D eigenvalue weighted by molar-refractivity contribution is 6.29. The van der Waals surface area contributed by atoms with Gasteiger partial charge < -0.3 is 10.1 Å². The number of rotatable bonds is 3. The maximum Gasteiger partial charge on any atom is 0.153 e. The fourth-order valence-electron chi connectivity index (χ4n) is 1.72. The lowest BCUT2D eigenvalue weighted by Crippen LogP contribution is -2.28. The number of nitrogens with one attached hydrogen (secondary N) is 1. The molecule has 2 heterocycles. The number of ether oxygens (including phenoxy) is 1. The van der Waals surface area contributed by atoms with Gasteiger partial charge in [-0.25, -0.2) is 4.98 Å². The summed E-state index contributed by atoms with van der Waals surface area (Å²) in [6.45, 7) is 1.51. The maximum absolute atomic E-state index is 10.8. The van der Waals surface area contributed by atoms with Crippen molar-refractivity contribution >= 4 is 23.6 Å². The van der Waals surface area contributed by atoms with E-state index in [2.05, 4.69) is 10.3 Å². The second-order valence-electron chi connectivity index (χ2n) is 3.74. The van der Waals surface area contributed by atoms with Crippen molar-refractivity contribution in [2.75, 3.05) is 18.5 Å². The lowest BCUT2D eigenvalue weighted by Gasteiger charge is -2.24. The molecule has 0 aromatic carbocycles. The number of carbonyl (C=O) groups excluding carboxylic acids is 1. The Balaban J connectivity index is 2.12. The largest absolute Gasteiger partial charge is 0.381 e. The van der Waals surface area contributed by atoms with Gasteiger partial charge in [0.05, 0.1) is 5.56 Å². The number of pyridine rings is 1. The number of carbonyl (C=O) groups is 1. The molecule has 0 radical (unpaired) electrons. The maximum atomic E-state index is 10.8. The van der Waals surface area contributed by atoms with Crippen LogP contribution in [0.4, 0.5) is 5.69 Å². The molecular formula is C11H13ClN2O2. The lowest BCUT2D eigenvalue weighted by atomic mass is 10.1. The monoisotopic (exact) mass is 240 g/mol. The number of hydrogen-bond acceptors (Lipinski definition) is 4. The molecule has 4 nitrogen and oxygen atoms in total. The van der Waals surface area contributed by atoms with Gasteiger partial charge in [-0.05, 0) is 18.9 Å². The second-order valence-corrected chi connectivity index (χ2v) is 4.13. The number of nitrogens with zero attached hydrogens (tertiary/aromatic N) is 1. The predicted octanol–water partition coefficient (Wildman–Crippen LogP) is 2.14. The highest BCUT2D eigenvalue weighted by atomic mass is 35.5. The molecule has 1 fully saturated rings. The summed E-state index contributed by atoms with van der Waals surface area (Å²) in [6.07, 6.45) is 4.15. The average molecular weight is 241 g/mol. The first-order valence-corrected chi connectivity index (χ1v) is 5.62. The third-order valence-corrected chi connectivity index (χ3v) is 2.82. The van der Waals surface area contributed by atoms with Crippen LogP contribution in [0.1, 0.15) is 23.2 Å². The Hall–Kier alpha value is -1.13. The Morgan fingerprint density at radius 1 is 1.50 bits per heavy atom. The zero-order valence-corrected chi connectivity index (χ0v) is 9.54. The molecule has 1 saturated heterocycles. The number of anilines is 1. The molecule has 1 aromatic rings. The Morgan fingerprint density at radius 3 is 2.94 bits per heavy atom. The molecule has 0 spiro atoms. The van der Waals surface area contributed by atoms with Crippen LogP contribution in [0.15, 0.2) is 12.3 Å². The van der Waals surface area contributed by atoms with Crippen molar-refractivity contribution < 1.29 is 9.53 Å². The summed E-state index contributed by atoms with van der Waals surface area (Å²) in [5.74, 6) is 0. The van der Waals surface area contributed by atoms with E-state index in [9.17, 15) is 4.79 Å². The normalized spacial score (nSPS) is 17.1. The van der Waals surface area contributed by atoms with Gasteiger partial charge in [-0.15, -0.1) is 0 Å². The minimum atomic E-state index is 0.339. The average Bonchev–Trinajstić information content (AvgIpc) is 2.31. The number of hydrogen-bond donors (Lipinski definition) is 1. The number of aromatic nitrogens is 1. The van der Waals surface area contributed by atoms with E-state index in [4.69, 9.17) is 16.3 Å². The van der Waals surface area contributed by atoms with Crippen LogP contribution in [0.5, 0.6) is 0 Å². The zero-order chi connectivity index (χ0) is 11.4. The van der Waals surface area contributed by atoms with E-state index < -0.39 is 0 Å². The molecule has 86 valence electrons. The van der Waals surface area contributed by atoms with Crippen molar-refractivity contribution in [1.82, 2.24) is 4.98 Å². The second kappa shape index (κ2) is 5.27. The van der Waals surface area contributed by atoms with Gasteiger partial charge in [0.25, 0.3) is 0 Å². The molecule has 0 amide bonds. The highest BCUT2D eigenvalue weighted by Gasteiger charge is 2.15. The first-order valence-electron chi connectivity index (χ1n) is 5.24. The Labute approximate surface area is 99.0 Å². The quantitative estimate of drug-likeness (QED) is 0.650. The van der Waals surface area contributed by atoms with Crippen LogP contribution >= 0.6 is 11.6 Å². The minimum absolute atomic E-state index is 0.339. The van der Waals surface area contributed by atoms with Gasteiger partial charge in [0.15, 0.2) is 6.29 Å². The molecule has 1 aromatic heterocycles. The SMILES string of the molecule is O=Cc1cnc(Cl)cc1NC1CCOCC1. The van der Waals surface area contributed by atoms with E-state index >= 15 is 0 Å². The van der Waals surface area contributed by atoms with Crippen LogP contribution in [-0.4, -0.2) is 30.5 Å². The van der Waals surface area contributed by atoms with E-state index in [0.717, 1.165) is 38.0 Å². The summed E-state index contributed by atoms with van der Waals surface area (Å²) in [4.78, 5) is 14.7. The molecule has 0 aliphatic carbocycles. The standard InChI is InChI=1S/C11H13ClN2O2/c12-11-5-10(8(7-15)6-13-11)14-9-1-3-16-4-2-9/h5-7,9H,1-4H2,(H,13,14). The van der Waals surface area contributed by atoms with Gasteiger partial charge in [-0.2, -0.15) is 0 Å².